The van der Waals surface area contributed by atoms with E-state index >= 15 is 0 Å². The molecule has 0 fully saturated rings. The van der Waals surface area contributed by atoms with Crippen LogP contribution in [0.15, 0.2) is 39.5 Å². The molecule has 3 rings (SSSR count). The molecule has 0 bridgehead atoms. The van der Waals surface area contributed by atoms with Gasteiger partial charge in [0.25, 0.3) is 0 Å². The molecule has 7 nitrogen and oxygen atoms in total. The highest BCUT2D eigenvalue weighted by Gasteiger charge is 2.21. The van der Waals surface area contributed by atoms with Gasteiger partial charge in [0, 0.05) is 5.56 Å². The van der Waals surface area contributed by atoms with E-state index in [9.17, 15) is 9.59 Å². The average molecular weight is 412 g/mol. The molecule has 1 heterocycles. The Labute approximate surface area is 174 Å². The van der Waals surface area contributed by atoms with Gasteiger partial charge in [-0.1, -0.05) is 0 Å². The second-order valence-corrected chi connectivity index (χ2v) is 6.69. The van der Waals surface area contributed by atoms with Gasteiger partial charge in [0.1, 0.15) is 5.58 Å². The Balaban J connectivity index is 2.22. The quantitative estimate of drug-likeness (QED) is 0.542. The van der Waals surface area contributed by atoms with Crippen LogP contribution in [-0.2, 0) is 9.53 Å². The van der Waals surface area contributed by atoms with Crippen LogP contribution in [0.2, 0.25) is 0 Å². The lowest BCUT2D eigenvalue weighted by atomic mass is 10.0. The minimum atomic E-state index is -0.574. The summed E-state index contributed by atoms with van der Waals surface area (Å²) in [6, 6.07) is 8.68. The smallest absolute Gasteiger partial charge is 0.344 e. The van der Waals surface area contributed by atoms with Crippen LogP contribution in [0, 0.1) is 13.8 Å². The molecular weight excluding hydrogens is 388 g/mol. The summed E-state index contributed by atoms with van der Waals surface area (Å²) in [4.78, 5) is 25.0. The zero-order chi connectivity index (χ0) is 21.8. The van der Waals surface area contributed by atoms with Gasteiger partial charge in [0.2, 0.25) is 11.2 Å². The molecule has 0 unspecified atom stereocenters. The van der Waals surface area contributed by atoms with E-state index in [0.29, 0.717) is 28.0 Å². The predicted octanol–water partition coefficient (Wildman–Crippen LogP) is 4.04. The average Bonchev–Trinajstić information content (AvgIpc) is 2.74. The number of ether oxygens (including phenoxy) is 4. The highest BCUT2D eigenvalue weighted by Crippen LogP contribution is 2.37. The summed E-state index contributed by atoms with van der Waals surface area (Å²) < 4.78 is 27.2. The molecule has 0 atom stereocenters. The van der Waals surface area contributed by atoms with Crippen LogP contribution in [0.25, 0.3) is 22.3 Å². The zero-order valence-corrected chi connectivity index (χ0v) is 17.7. The van der Waals surface area contributed by atoms with Crippen molar-refractivity contribution in [2.45, 2.75) is 20.8 Å². The monoisotopic (exact) mass is 412 g/mol. The fourth-order valence-corrected chi connectivity index (χ4v) is 3.07. The molecule has 0 saturated carbocycles. The Morgan fingerprint density at radius 3 is 2.37 bits per heavy atom. The third-order valence-corrected chi connectivity index (χ3v) is 4.75. The largest absolute Gasteiger partial charge is 0.493 e. The van der Waals surface area contributed by atoms with Crippen molar-refractivity contribution < 1.29 is 28.2 Å². The second kappa shape index (κ2) is 8.90. The Kier molecular flexibility index (Phi) is 6.30. The van der Waals surface area contributed by atoms with Crippen molar-refractivity contribution in [3.8, 4) is 28.6 Å². The van der Waals surface area contributed by atoms with Crippen LogP contribution in [0.4, 0.5) is 0 Å². The van der Waals surface area contributed by atoms with Gasteiger partial charge in [-0.15, -0.1) is 0 Å². The van der Waals surface area contributed by atoms with E-state index in [2.05, 4.69) is 0 Å². The number of hydrogen-bond acceptors (Lipinski definition) is 7. The summed E-state index contributed by atoms with van der Waals surface area (Å²) in [5, 5.41) is 0.376. The summed E-state index contributed by atoms with van der Waals surface area (Å²) in [7, 11) is 3.05. The van der Waals surface area contributed by atoms with E-state index < -0.39 is 12.6 Å². The van der Waals surface area contributed by atoms with Crippen molar-refractivity contribution >= 4 is 16.9 Å². The maximum Gasteiger partial charge on any atom is 0.344 e. The number of methoxy groups -OCH3 is 2. The number of benzene rings is 2. The third-order valence-electron chi connectivity index (χ3n) is 4.75. The Hall–Kier alpha value is -3.48. The molecule has 0 radical (unpaired) electrons. The van der Waals surface area contributed by atoms with E-state index in [1.807, 2.05) is 19.9 Å². The molecule has 1 aromatic heterocycles. The van der Waals surface area contributed by atoms with Crippen LogP contribution >= 0.6 is 0 Å². The van der Waals surface area contributed by atoms with Gasteiger partial charge in [0.15, 0.2) is 23.9 Å². The number of carbonyl (C=O) groups excluding carboxylic acids is 1. The van der Waals surface area contributed by atoms with Crippen LogP contribution in [0.5, 0.6) is 17.2 Å². The summed E-state index contributed by atoms with van der Waals surface area (Å²) in [6.45, 7) is 5.36. The number of rotatable bonds is 7. The van der Waals surface area contributed by atoms with Gasteiger partial charge in [0.05, 0.1) is 26.2 Å². The first-order valence-electron chi connectivity index (χ1n) is 9.48. The molecule has 30 heavy (non-hydrogen) atoms. The molecule has 7 heteroatoms. The van der Waals surface area contributed by atoms with E-state index in [-0.39, 0.29) is 23.5 Å². The Bertz CT molecular complexity index is 1140. The van der Waals surface area contributed by atoms with E-state index in [0.717, 1.165) is 11.1 Å². The van der Waals surface area contributed by atoms with Crippen LogP contribution in [0.1, 0.15) is 18.1 Å². The zero-order valence-electron chi connectivity index (χ0n) is 17.7. The molecule has 0 amide bonds. The number of hydrogen-bond donors (Lipinski definition) is 0. The first-order chi connectivity index (χ1) is 14.4. The molecule has 0 spiro atoms. The number of esters is 1. The van der Waals surface area contributed by atoms with Crippen LogP contribution in [0.3, 0.4) is 0 Å². The molecule has 3 aromatic rings. The maximum absolute atomic E-state index is 13.2. The van der Waals surface area contributed by atoms with Crippen LogP contribution < -0.4 is 19.6 Å². The molecule has 0 N–H and O–H groups in total. The van der Waals surface area contributed by atoms with E-state index in [1.54, 1.807) is 31.2 Å². The Morgan fingerprint density at radius 2 is 1.70 bits per heavy atom. The van der Waals surface area contributed by atoms with Gasteiger partial charge in [-0.3, -0.25) is 4.79 Å². The SMILES string of the molecule is CCOC(=O)COc1c(-c2ccc(OC)c(OC)c2)oc2cc(C)c(C)cc2c1=O. The van der Waals surface area contributed by atoms with E-state index in [4.69, 9.17) is 23.4 Å². The lowest BCUT2D eigenvalue weighted by Gasteiger charge is -2.14. The number of aryl methyl sites for hydroxylation is 2. The second-order valence-electron chi connectivity index (χ2n) is 6.69. The van der Waals surface area contributed by atoms with Crippen molar-refractivity contribution in [2.75, 3.05) is 27.4 Å². The summed E-state index contributed by atoms with van der Waals surface area (Å²) in [6.07, 6.45) is 0. The van der Waals surface area contributed by atoms with Gasteiger partial charge in [-0.2, -0.15) is 0 Å². The third kappa shape index (κ3) is 4.10. The number of carbonyl (C=O) groups is 1. The first kappa shape index (κ1) is 21.2. The van der Waals surface area contributed by atoms with Crippen molar-refractivity contribution in [1.29, 1.82) is 0 Å². The van der Waals surface area contributed by atoms with Crippen molar-refractivity contribution in [3.05, 3.63) is 51.7 Å². The minimum Gasteiger partial charge on any atom is -0.493 e. The Morgan fingerprint density at radius 1 is 1.00 bits per heavy atom. The maximum atomic E-state index is 13.2. The van der Waals surface area contributed by atoms with Crippen molar-refractivity contribution in [3.63, 3.8) is 0 Å². The summed E-state index contributed by atoms with van der Waals surface area (Å²) in [5.41, 5.74) is 2.54. The molecular formula is C23H24O7. The van der Waals surface area contributed by atoms with E-state index in [1.165, 1.54) is 14.2 Å². The first-order valence-corrected chi connectivity index (χ1v) is 9.48. The minimum absolute atomic E-state index is 0.0639. The molecule has 0 aliphatic rings. The molecule has 0 aliphatic carbocycles. The van der Waals surface area contributed by atoms with Gasteiger partial charge in [-0.25, -0.2) is 4.79 Å². The molecule has 0 saturated heterocycles. The highest BCUT2D eigenvalue weighted by molar-refractivity contribution is 5.84. The predicted molar refractivity (Wildman–Crippen MR) is 113 cm³/mol. The summed E-state index contributed by atoms with van der Waals surface area (Å²) in [5.74, 6) is 0.557. The molecule has 2 aromatic carbocycles. The standard InChI is InChI=1S/C23H24O7/c1-6-28-20(24)12-29-23-21(25)16-9-13(2)14(3)10-18(16)30-22(23)15-7-8-17(26-4)19(11-15)27-5/h7-11H,6,12H2,1-5H3. The van der Waals surface area contributed by atoms with Crippen LogP contribution in [-0.4, -0.2) is 33.4 Å². The van der Waals surface area contributed by atoms with Gasteiger partial charge in [-0.05, 0) is 62.2 Å². The normalized spacial score (nSPS) is 10.7. The number of fused-ring (bicyclic) bond motifs is 1. The van der Waals surface area contributed by atoms with Crippen molar-refractivity contribution in [1.82, 2.24) is 0 Å². The van der Waals surface area contributed by atoms with Gasteiger partial charge < -0.3 is 23.4 Å². The fraction of sp³-hybridized carbons (Fsp3) is 0.304. The molecule has 158 valence electrons. The fourth-order valence-electron chi connectivity index (χ4n) is 3.07. The summed E-state index contributed by atoms with van der Waals surface area (Å²) >= 11 is 0. The molecule has 0 aliphatic heterocycles. The topological polar surface area (TPSA) is 84.2 Å². The van der Waals surface area contributed by atoms with Gasteiger partial charge >= 0.3 is 5.97 Å². The lowest BCUT2D eigenvalue weighted by molar-refractivity contribution is -0.145. The highest BCUT2D eigenvalue weighted by atomic mass is 16.6. The van der Waals surface area contributed by atoms with Crippen molar-refractivity contribution in [2.24, 2.45) is 0 Å². The lowest BCUT2D eigenvalue weighted by Crippen LogP contribution is -2.19.